The van der Waals surface area contributed by atoms with Crippen LogP contribution in [0, 0.1) is 6.92 Å². The van der Waals surface area contributed by atoms with Crippen LogP contribution in [-0.2, 0) is 19.4 Å². The molecule has 1 saturated heterocycles. The average molecular weight is 539 g/mol. The number of rotatable bonds is 7. The maximum atomic E-state index is 13.4. The molecule has 1 unspecified atom stereocenters. The summed E-state index contributed by atoms with van der Waals surface area (Å²) in [6, 6.07) is 14.6. The van der Waals surface area contributed by atoms with Crippen LogP contribution in [0.25, 0.3) is 27.3 Å². The van der Waals surface area contributed by atoms with Gasteiger partial charge in [-0.25, -0.2) is 22.9 Å². The molecule has 0 radical (unpaired) electrons. The molecular formula is C26H26N4O5S2. The number of amides is 1. The number of likely N-dealkylation sites (N-methyl/N-ethyl adjacent to an activating group) is 1. The minimum absolute atomic E-state index is 0.0619. The number of aryl methyl sites for hydroxylation is 1. The summed E-state index contributed by atoms with van der Waals surface area (Å²) in [7, 11) is -3.15. The van der Waals surface area contributed by atoms with Crippen LogP contribution in [0.4, 0.5) is 0 Å². The van der Waals surface area contributed by atoms with E-state index in [1.165, 1.54) is 16.2 Å². The van der Waals surface area contributed by atoms with Crippen molar-refractivity contribution < 1.29 is 22.7 Å². The van der Waals surface area contributed by atoms with Crippen molar-refractivity contribution in [1.29, 1.82) is 0 Å². The largest absolute Gasteiger partial charge is 0.452 e. The fourth-order valence-corrected chi connectivity index (χ4v) is 7.11. The average Bonchev–Trinajstić information content (AvgIpc) is 3.63. The van der Waals surface area contributed by atoms with Crippen molar-refractivity contribution in [2.75, 3.05) is 24.7 Å². The van der Waals surface area contributed by atoms with E-state index in [1.807, 2.05) is 47.8 Å². The number of thiophene rings is 1. The van der Waals surface area contributed by atoms with Gasteiger partial charge in [-0.05, 0) is 49.9 Å². The van der Waals surface area contributed by atoms with Gasteiger partial charge in [-0.15, -0.1) is 11.3 Å². The Morgan fingerprint density at radius 1 is 1.19 bits per heavy atom. The van der Waals surface area contributed by atoms with Crippen molar-refractivity contribution in [2.45, 2.75) is 26.3 Å². The molecule has 4 aromatic rings. The highest BCUT2D eigenvalue weighted by atomic mass is 32.2. The highest BCUT2D eigenvalue weighted by Crippen LogP contribution is 2.31. The SMILES string of the molecule is CCN(C(=O)COC(=O)c1cc(-c2cccs2)nc2c1c(C)nn2-c1ccccc1)C1CCS(=O)(=O)C1. The van der Waals surface area contributed by atoms with Crippen LogP contribution in [0.3, 0.4) is 0 Å². The number of nitrogens with zero attached hydrogens (tertiary/aromatic N) is 4. The topological polar surface area (TPSA) is 111 Å². The first-order valence-corrected chi connectivity index (χ1v) is 14.6. The van der Waals surface area contributed by atoms with E-state index in [1.54, 1.807) is 24.6 Å². The first-order valence-electron chi connectivity index (χ1n) is 11.9. The van der Waals surface area contributed by atoms with E-state index in [-0.39, 0.29) is 17.1 Å². The zero-order chi connectivity index (χ0) is 26.2. The molecule has 37 heavy (non-hydrogen) atoms. The molecule has 1 amide bonds. The molecule has 1 fully saturated rings. The molecule has 11 heteroatoms. The summed E-state index contributed by atoms with van der Waals surface area (Å²) in [6.07, 6.45) is 0.392. The minimum Gasteiger partial charge on any atom is -0.452 e. The van der Waals surface area contributed by atoms with E-state index in [2.05, 4.69) is 5.10 Å². The Balaban J connectivity index is 1.48. The normalized spacial score (nSPS) is 16.6. The minimum atomic E-state index is -3.15. The fourth-order valence-electron chi connectivity index (χ4n) is 4.70. The fraction of sp³-hybridized carbons (Fsp3) is 0.308. The molecule has 3 aromatic heterocycles. The molecule has 0 aliphatic carbocycles. The van der Waals surface area contributed by atoms with Gasteiger partial charge in [0.05, 0.1) is 44.4 Å². The Labute approximate surface area is 218 Å². The Morgan fingerprint density at radius 3 is 2.62 bits per heavy atom. The molecule has 0 saturated carbocycles. The molecule has 1 aliphatic heterocycles. The molecule has 0 spiro atoms. The number of sulfone groups is 1. The number of carbonyl (C=O) groups excluding carboxylic acids is 2. The van der Waals surface area contributed by atoms with Gasteiger partial charge in [-0.2, -0.15) is 5.10 Å². The van der Waals surface area contributed by atoms with Crippen LogP contribution in [0.2, 0.25) is 0 Å². The molecular weight excluding hydrogens is 512 g/mol. The number of para-hydroxylation sites is 1. The second kappa shape index (κ2) is 10.1. The second-order valence-corrected chi connectivity index (χ2v) is 12.1. The van der Waals surface area contributed by atoms with Crippen molar-refractivity contribution in [1.82, 2.24) is 19.7 Å². The van der Waals surface area contributed by atoms with E-state index in [0.29, 0.717) is 35.4 Å². The van der Waals surface area contributed by atoms with E-state index in [9.17, 15) is 18.0 Å². The first-order chi connectivity index (χ1) is 17.8. The summed E-state index contributed by atoms with van der Waals surface area (Å²) in [5.41, 5.74) is 2.79. The summed E-state index contributed by atoms with van der Waals surface area (Å²) >= 11 is 1.50. The standard InChI is InChI=1S/C26H26N4O5S2/c1-3-29(19-11-13-37(33,34)16-19)23(31)15-35-26(32)20-14-21(22-10-7-12-36-22)27-25-24(20)17(2)28-30(25)18-8-5-4-6-9-18/h4-10,12,14,19H,3,11,13,15-16H2,1-2H3. The molecule has 1 aliphatic rings. The van der Waals surface area contributed by atoms with Gasteiger partial charge in [-0.3, -0.25) is 4.79 Å². The van der Waals surface area contributed by atoms with Crippen LogP contribution < -0.4 is 0 Å². The third-order valence-electron chi connectivity index (χ3n) is 6.44. The number of ether oxygens (including phenoxy) is 1. The third kappa shape index (κ3) is 5.01. The smallest absolute Gasteiger partial charge is 0.339 e. The number of hydrogen-bond donors (Lipinski definition) is 0. The molecule has 5 rings (SSSR count). The van der Waals surface area contributed by atoms with Gasteiger partial charge < -0.3 is 9.64 Å². The molecule has 192 valence electrons. The third-order valence-corrected chi connectivity index (χ3v) is 9.09. The number of benzene rings is 1. The Morgan fingerprint density at radius 2 is 1.97 bits per heavy atom. The van der Waals surface area contributed by atoms with Gasteiger partial charge in [0.25, 0.3) is 5.91 Å². The summed E-state index contributed by atoms with van der Waals surface area (Å²) in [5, 5.41) is 7.13. The van der Waals surface area contributed by atoms with E-state index >= 15 is 0 Å². The summed E-state index contributed by atoms with van der Waals surface area (Å²) in [5.74, 6) is -1.08. The molecule has 0 N–H and O–H groups in total. The maximum absolute atomic E-state index is 13.4. The molecule has 1 aromatic carbocycles. The van der Waals surface area contributed by atoms with Crippen molar-refractivity contribution in [3.05, 3.63) is 65.2 Å². The van der Waals surface area contributed by atoms with Gasteiger partial charge in [0, 0.05) is 12.6 Å². The number of carbonyl (C=O) groups is 2. The van der Waals surface area contributed by atoms with Crippen LogP contribution in [0.15, 0.2) is 53.9 Å². The predicted molar refractivity (Wildman–Crippen MR) is 142 cm³/mol. The number of fused-ring (bicyclic) bond motifs is 1. The molecule has 0 bridgehead atoms. The molecule has 1 atom stereocenters. The lowest BCUT2D eigenvalue weighted by Crippen LogP contribution is -2.43. The second-order valence-electron chi connectivity index (χ2n) is 8.88. The van der Waals surface area contributed by atoms with E-state index in [4.69, 9.17) is 9.72 Å². The van der Waals surface area contributed by atoms with Crippen molar-refractivity contribution in [3.8, 4) is 16.3 Å². The van der Waals surface area contributed by atoms with Gasteiger partial charge in [0.15, 0.2) is 22.1 Å². The lowest BCUT2D eigenvalue weighted by molar-refractivity contribution is -0.136. The Bertz CT molecular complexity index is 1560. The van der Waals surface area contributed by atoms with E-state index < -0.39 is 34.4 Å². The van der Waals surface area contributed by atoms with Crippen LogP contribution in [0.5, 0.6) is 0 Å². The lowest BCUT2D eigenvalue weighted by atomic mass is 10.1. The van der Waals surface area contributed by atoms with Crippen molar-refractivity contribution in [3.63, 3.8) is 0 Å². The number of hydrogen-bond acceptors (Lipinski definition) is 8. The summed E-state index contributed by atoms with van der Waals surface area (Å²) in [4.78, 5) is 33.5. The highest BCUT2D eigenvalue weighted by molar-refractivity contribution is 7.91. The summed E-state index contributed by atoms with van der Waals surface area (Å²) < 4.78 is 31.0. The van der Waals surface area contributed by atoms with Crippen LogP contribution in [0.1, 0.15) is 29.4 Å². The van der Waals surface area contributed by atoms with Crippen molar-refractivity contribution >= 4 is 44.1 Å². The molecule has 4 heterocycles. The van der Waals surface area contributed by atoms with Crippen LogP contribution in [-0.4, -0.2) is 70.7 Å². The van der Waals surface area contributed by atoms with Gasteiger partial charge in [0.1, 0.15) is 0 Å². The van der Waals surface area contributed by atoms with Crippen LogP contribution >= 0.6 is 11.3 Å². The highest BCUT2D eigenvalue weighted by Gasteiger charge is 2.34. The van der Waals surface area contributed by atoms with Gasteiger partial charge >= 0.3 is 5.97 Å². The van der Waals surface area contributed by atoms with E-state index in [0.717, 1.165) is 10.6 Å². The predicted octanol–water partition coefficient (Wildman–Crippen LogP) is 3.65. The number of pyridine rings is 1. The maximum Gasteiger partial charge on any atom is 0.339 e. The quantitative estimate of drug-likeness (QED) is 0.330. The van der Waals surface area contributed by atoms with Gasteiger partial charge in [-0.1, -0.05) is 24.3 Å². The summed E-state index contributed by atoms with van der Waals surface area (Å²) in [6.45, 7) is 3.44. The zero-order valence-electron chi connectivity index (χ0n) is 20.5. The van der Waals surface area contributed by atoms with Gasteiger partial charge in [0.2, 0.25) is 0 Å². The Hall–Kier alpha value is -3.57. The monoisotopic (exact) mass is 538 g/mol. The zero-order valence-corrected chi connectivity index (χ0v) is 22.1. The Kier molecular flexibility index (Phi) is 6.82. The first kappa shape index (κ1) is 25.1. The number of esters is 1. The lowest BCUT2D eigenvalue weighted by Gasteiger charge is -2.26. The van der Waals surface area contributed by atoms with Crippen molar-refractivity contribution in [2.24, 2.45) is 0 Å². The number of aromatic nitrogens is 3. The molecule has 9 nitrogen and oxygen atoms in total.